The highest BCUT2D eigenvalue weighted by Gasteiger charge is 2.17. The van der Waals surface area contributed by atoms with Crippen molar-refractivity contribution in [3.05, 3.63) is 0 Å². The number of carboxylic acids is 1. The van der Waals surface area contributed by atoms with E-state index in [9.17, 15) is 9.59 Å². The van der Waals surface area contributed by atoms with Gasteiger partial charge in [0.1, 0.15) is 6.61 Å². The number of nitrogens with one attached hydrogen (secondary N) is 2. The second-order valence-corrected chi connectivity index (χ2v) is 5.36. The zero-order valence-electron chi connectivity index (χ0n) is 12.8. The Morgan fingerprint density at radius 3 is 2.76 bits per heavy atom. The number of carbonyl (C=O) groups is 2. The number of rotatable bonds is 9. The highest BCUT2D eigenvalue weighted by atomic mass is 16.5. The van der Waals surface area contributed by atoms with Gasteiger partial charge in [0.25, 0.3) is 0 Å². The maximum Gasteiger partial charge on any atom is 0.329 e. The third-order valence-corrected chi connectivity index (χ3v) is 3.61. The summed E-state index contributed by atoms with van der Waals surface area (Å²) >= 11 is 0. The minimum atomic E-state index is -1.01. The zero-order valence-corrected chi connectivity index (χ0v) is 12.8. The molecule has 0 radical (unpaired) electrons. The molecule has 1 heterocycles. The smallest absolute Gasteiger partial charge is 0.329 e. The molecule has 0 spiro atoms. The summed E-state index contributed by atoms with van der Waals surface area (Å²) in [6, 6.07) is 0.416. The van der Waals surface area contributed by atoms with Crippen LogP contribution in [0.3, 0.4) is 0 Å². The zero-order chi connectivity index (χ0) is 15.5. The first-order valence-electron chi connectivity index (χ1n) is 7.65. The first-order chi connectivity index (χ1) is 10.1. The molecule has 2 amide bonds. The van der Waals surface area contributed by atoms with Crippen LogP contribution in [0.2, 0.25) is 0 Å². The summed E-state index contributed by atoms with van der Waals surface area (Å²) in [4.78, 5) is 24.1. The Kier molecular flexibility index (Phi) is 8.77. The average molecular weight is 301 g/mol. The van der Waals surface area contributed by atoms with Crippen LogP contribution in [-0.2, 0) is 9.53 Å². The van der Waals surface area contributed by atoms with Gasteiger partial charge in [-0.25, -0.2) is 9.59 Å². The van der Waals surface area contributed by atoms with Crippen LogP contribution in [0.15, 0.2) is 0 Å². The van der Waals surface area contributed by atoms with Gasteiger partial charge in [-0.3, -0.25) is 0 Å². The molecule has 21 heavy (non-hydrogen) atoms. The quantitative estimate of drug-likeness (QED) is 0.544. The molecule has 1 unspecified atom stereocenters. The van der Waals surface area contributed by atoms with Crippen LogP contribution in [0.1, 0.15) is 32.6 Å². The third-order valence-electron chi connectivity index (χ3n) is 3.61. The van der Waals surface area contributed by atoms with Gasteiger partial charge in [0, 0.05) is 25.7 Å². The summed E-state index contributed by atoms with van der Waals surface area (Å²) in [6.45, 7) is 5.25. The minimum absolute atomic E-state index is 0.199. The molecule has 0 bridgehead atoms. The normalized spacial score (nSPS) is 19.2. The minimum Gasteiger partial charge on any atom is -0.480 e. The van der Waals surface area contributed by atoms with Gasteiger partial charge < -0.3 is 25.4 Å². The molecule has 3 N–H and O–H groups in total. The fourth-order valence-corrected chi connectivity index (χ4v) is 2.43. The number of nitrogens with zero attached hydrogens (tertiary/aromatic N) is 1. The molecule has 1 aliphatic heterocycles. The van der Waals surface area contributed by atoms with Crippen molar-refractivity contribution in [3.63, 3.8) is 0 Å². The Morgan fingerprint density at radius 1 is 1.29 bits per heavy atom. The topological polar surface area (TPSA) is 90.9 Å². The summed E-state index contributed by atoms with van der Waals surface area (Å²) in [6.07, 6.45) is 4.80. The lowest BCUT2D eigenvalue weighted by Gasteiger charge is -2.33. The molecule has 0 saturated carbocycles. The fourth-order valence-electron chi connectivity index (χ4n) is 2.43. The van der Waals surface area contributed by atoms with Crippen molar-refractivity contribution in [2.24, 2.45) is 0 Å². The molecule has 0 aromatic heterocycles. The highest BCUT2D eigenvalue weighted by molar-refractivity contribution is 5.73. The van der Waals surface area contributed by atoms with E-state index in [-0.39, 0.29) is 19.2 Å². The van der Waals surface area contributed by atoms with Crippen LogP contribution in [0.25, 0.3) is 0 Å². The fraction of sp³-hybridized carbons (Fsp3) is 0.857. The number of piperidine rings is 1. The van der Waals surface area contributed by atoms with Crippen molar-refractivity contribution in [2.75, 3.05) is 39.4 Å². The largest absolute Gasteiger partial charge is 0.480 e. The molecular weight excluding hydrogens is 274 g/mol. The van der Waals surface area contributed by atoms with Crippen LogP contribution < -0.4 is 10.6 Å². The van der Waals surface area contributed by atoms with Gasteiger partial charge in [-0.15, -0.1) is 0 Å². The Balaban J connectivity index is 1.94. The van der Waals surface area contributed by atoms with E-state index in [1.54, 1.807) is 0 Å². The van der Waals surface area contributed by atoms with E-state index in [4.69, 9.17) is 9.84 Å². The second-order valence-electron chi connectivity index (χ2n) is 5.36. The Morgan fingerprint density at radius 2 is 2.05 bits per heavy atom. The summed E-state index contributed by atoms with van der Waals surface area (Å²) in [5.41, 5.74) is 0. The van der Waals surface area contributed by atoms with Crippen LogP contribution in [0.4, 0.5) is 4.79 Å². The van der Waals surface area contributed by atoms with Gasteiger partial charge in [0.05, 0.1) is 6.61 Å². The lowest BCUT2D eigenvalue weighted by molar-refractivity contribution is -0.142. The van der Waals surface area contributed by atoms with Crippen molar-refractivity contribution < 1.29 is 19.4 Å². The van der Waals surface area contributed by atoms with E-state index >= 15 is 0 Å². The lowest BCUT2D eigenvalue weighted by atomic mass is 10.0. The number of amides is 2. The molecule has 0 aromatic carbocycles. The van der Waals surface area contributed by atoms with Gasteiger partial charge in [0.15, 0.2) is 0 Å². The van der Waals surface area contributed by atoms with Crippen LogP contribution in [-0.4, -0.2) is 67.4 Å². The number of urea groups is 1. The van der Waals surface area contributed by atoms with Gasteiger partial charge in [-0.1, -0.05) is 6.42 Å². The molecule has 1 fully saturated rings. The standard InChI is InChI=1S/C14H27N3O4/c1-12-5-2-3-8-17(12)9-4-6-15-14(20)16-7-10-21-11-13(18)19/h12H,2-11H2,1H3,(H,18,19)(H2,15,16,20). The van der Waals surface area contributed by atoms with Gasteiger partial charge >= 0.3 is 12.0 Å². The van der Waals surface area contributed by atoms with Crippen molar-refractivity contribution in [1.82, 2.24) is 15.5 Å². The van der Waals surface area contributed by atoms with E-state index in [2.05, 4.69) is 22.5 Å². The molecule has 0 aromatic rings. The molecule has 0 aliphatic carbocycles. The van der Waals surface area contributed by atoms with E-state index in [0.29, 0.717) is 19.1 Å². The predicted molar refractivity (Wildman–Crippen MR) is 79.4 cm³/mol. The third kappa shape index (κ3) is 8.52. The number of ether oxygens (including phenoxy) is 1. The van der Waals surface area contributed by atoms with Gasteiger partial charge in [-0.2, -0.15) is 0 Å². The predicted octanol–water partition coefficient (Wildman–Crippen LogP) is 0.651. The summed E-state index contributed by atoms with van der Waals surface area (Å²) in [7, 11) is 0. The van der Waals surface area contributed by atoms with Crippen molar-refractivity contribution in [1.29, 1.82) is 0 Å². The number of aliphatic carboxylic acids is 1. The van der Waals surface area contributed by atoms with Crippen LogP contribution >= 0.6 is 0 Å². The highest BCUT2D eigenvalue weighted by Crippen LogP contribution is 2.15. The second kappa shape index (κ2) is 10.4. The first-order valence-corrected chi connectivity index (χ1v) is 7.65. The number of carboxylic acid groups (broad SMARTS) is 1. The first kappa shape index (κ1) is 17.7. The molecule has 1 aliphatic rings. The van der Waals surface area contributed by atoms with E-state index in [1.165, 1.54) is 19.3 Å². The van der Waals surface area contributed by atoms with E-state index in [0.717, 1.165) is 19.5 Å². The van der Waals surface area contributed by atoms with E-state index in [1.807, 2.05) is 0 Å². The summed E-state index contributed by atoms with van der Waals surface area (Å²) in [5.74, 6) is -1.01. The molecular formula is C14H27N3O4. The summed E-state index contributed by atoms with van der Waals surface area (Å²) in [5, 5.41) is 13.8. The maximum absolute atomic E-state index is 11.4. The summed E-state index contributed by atoms with van der Waals surface area (Å²) < 4.78 is 4.81. The Hall–Kier alpha value is -1.34. The monoisotopic (exact) mass is 301 g/mol. The average Bonchev–Trinajstić information content (AvgIpc) is 2.44. The van der Waals surface area contributed by atoms with Gasteiger partial charge in [0.2, 0.25) is 0 Å². The number of hydrogen-bond acceptors (Lipinski definition) is 4. The molecule has 1 saturated heterocycles. The van der Waals surface area contributed by atoms with Crippen molar-refractivity contribution in [3.8, 4) is 0 Å². The molecule has 7 nitrogen and oxygen atoms in total. The molecule has 7 heteroatoms. The van der Waals surface area contributed by atoms with Crippen LogP contribution in [0, 0.1) is 0 Å². The molecule has 122 valence electrons. The van der Waals surface area contributed by atoms with Crippen molar-refractivity contribution in [2.45, 2.75) is 38.6 Å². The van der Waals surface area contributed by atoms with Gasteiger partial charge in [-0.05, 0) is 32.7 Å². The molecule has 1 atom stereocenters. The molecule has 1 rings (SSSR count). The Labute approximate surface area is 126 Å². The number of hydrogen-bond donors (Lipinski definition) is 3. The number of carbonyl (C=O) groups excluding carboxylic acids is 1. The number of likely N-dealkylation sites (tertiary alicyclic amines) is 1. The Bertz CT molecular complexity index is 325. The SMILES string of the molecule is CC1CCCCN1CCCNC(=O)NCCOCC(=O)O. The maximum atomic E-state index is 11.4. The van der Waals surface area contributed by atoms with Crippen molar-refractivity contribution >= 4 is 12.0 Å². The van der Waals surface area contributed by atoms with Crippen LogP contribution in [0.5, 0.6) is 0 Å². The lowest BCUT2D eigenvalue weighted by Crippen LogP contribution is -2.41. The van der Waals surface area contributed by atoms with E-state index < -0.39 is 5.97 Å².